The third kappa shape index (κ3) is 3.66. The topological polar surface area (TPSA) is 84.3 Å². The van der Waals surface area contributed by atoms with Crippen LogP contribution in [0.2, 0.25) is 0 Å². The molecular formula is C17H24N4O3. The number of carbonyl (C=O) groups is 2. The summed E-state index contributed by atoms with van der Waals surface area (Å²) in [6.07, 6.45) is 7.31. The molecule has 1 aromatic heterocycles. The highest BCUT2D eigenvalue weighted by molar-refractivity contribution is 5.93. The van der Waals surface area contributed by atoms with Gasteiger partial charge in [-0.15, -0.1) is 0 Å². The number of carbonyl (C=O) groups excluding carboxylic acids is 2. The lowest BCUT2D eigenvalue weighted by Crippen LogP contribution is -2.41. The van der Waals surface area contributed by atoms with Crippen molar-refractivity contribution in [2.75, 3.05) is 6.54 Å². The molecule has 7 heteroatoms. The predicted octanol–water partition coefficient (Wildman–Crippen LogP) is 0.834. The average Bonchev–Trinajstić information content (AvgIpc) is 2.76. The molecule has 0 bridgehead atoms. The van der Waals surface area contributed by atoms with Gasteiger partial charge in [-0.05, 0) is 18.9 Å². The summed E-state index contributed by atoms with van der Waals surface area (Å²) in [6, 6.07) is 2.86. The quantitative estimate of drug-likeness (QED) is 0.831. The predicted molar refractivity (Wildman–Crippen MR) is 88.6 cm³/mol. The van der Waals surface area contributed by atoms with E-state index in [0.29, 0.717) is 19.0 Å². The van der Waals surface area contributed by atoms with Gasteiger partial charge in [-0.2, -0.15) is 5.10 Å². The minimum Gasteiger partial charge on any atom is -0.346 e. The van der Waals surface area contributed by atoms with Crippen LogP contribution >= 0.6 is 0 Å². The second kappa shape index (κ2) is 7.15. The van der Waals surface area contributed by atoms with E-state index in [1.807, 2.05) is 4.90 Å². The summed E-state index contributed by atoms with van der Waals surface area (Å²) in [5.41, 5.74) is -0.0698. The molecular weight excluding hydrogens is 308 g/mol. The van der Waals surface area contributed by atoms with E-state index in [9.17, 15) is 14.4 Å². The Labute approximate surface area is 141 Å². The van der Waals surface area contributed by atoms with Crippen molar-refractivity contribution >= 4 is 11.8 Å². The molecule has 7 nitrogen and oxygen atoms in total. The van der Waals surface area contributed by atoms with E-state index in [4.69, 9.17) is 0 Å². The molecule has 2 aliphatic rings. The Morgan fingerprint density at radius 3 is 2.54 bits per heavy atom. The molecule has 1 aromatic rings. The Hall–Kier alpha value is -2.18. The van der Waals surface area contributed by atoms with Gasteiger partial charge in [-0.3, -0.25) is 14.4 Å². The third-order valence-electron chi connectivity index (χ3n) is 4.95. The molecule has 1 saturated heterocycles. The Bertz CT molecular complexity index is 677. The Balaban J connectivity index is 1.62. The summed E-state index contributed by atoms with van der Waals surface area (Å²) < 4.78 is 1.13. The first-order valence-corrected chi connectivity index (χ1v) is 8.69. The molecule has 2 heterocycles. The number of amides is 2. The highest BCUT2D eigenvalue weighted by Gasteiger charge is 2.35. The fraction of sp³-hybridized carbons (Fsp3) is 0.647. The number of hydrogen-bond acceptors (Lipinski definition) is 4. The fourth-order valence-electron chi connectivity index (χ4n) is 3.63. The molecule has 2 fully saturated rings. The molecule has 1 atom stereocenters. The standard InChI is InChI=1S/C17H24N4O3/c1-20-15(22)9-8-14(19-20)17(24)18-12-10-16(23)21(11-12)13-6-4-2-3-5-7-13/h8-9,12-13H,2-7,10-11H2,1H3,(H,18,24)/t12-/m1/s1. The normalized spacial score (nSPS) is 22.5. The van der Waals surface area contributed by atoms with Crippen LogP contribution in [-0.4, -0.2) is 45.1 Å². The maximum atomic E-state index is 12.3. The van der Waals surface area contributed by atoms with Gasteiger partial charge in [0.25, 0.3) is 11.5 Å². The Kier molecular flexibility index (Phi) is 4.97. The highest BCUT2D eigenvalue weighted by Crippen LogP contribution is 2.25. The van der Waals surface area contributed by atoms with Crippen molar-refractivity contribution < 1.29 is 9.59 Å². The molecule has 0 unspecified atom stereocenters. The summed E-state index contributed by atoms with van der Waals surface area (Å²) in [6.45, 7) is 0.570. The first-order chi connectivity index (χ1) is 11.5. The first-order valence-electron chi connectivity index (χ1n) is 8.69. The SMILES string of the molecule is Cn1nc(C(=O)N[C@@H]2CC(=O)N(C3CCCCCC3)C2)ccc1=O. The number of hydrogen-bond donors (Lipinski definition) is 1. The van der Waals surface area contributed by atoms with Crippen molar-refractivity contribution in [3.05, 3.63) is 28.2 Å². The summed E-state index contributed by atoms with van der Waals surface area (Å²) in [7, 11) is 1.51. The number of rotatable bonds is 3. The largest absolute Gasteiger partial charge is 0.346 e. The van der Waals surface area contributed by atoms with Crippen LogP contribution in [0.4, 0.5) is 0 Å². The fourth-order valence-corrected chi connectivity index (χ4v) is 3.63. The second-order valence-electron chi connectivity index (χ2n) is 6.75. The average molecular weight is 332 g/mol. The number of likely N-dealkylation sites (tertiary alicyclic amines) is 1. The van der Waals surface area contributed by atoms with Gasteiger partial charge in [0.1, 0.15) is 5.69 Å². The van der Waals surface area contributed by atoms with Crippen LogP contribution in [0.1, 0.15) is 55.4 Å². The maximum Gasteiger partial charge on any atom is 0.272 e. The van der Waals surface area contributed by atoms with Crippen LogP contribution in [0.15, 0.2) is 16.9 Å². The summed E-state index contributed by atoms with van der Waals surface area (Å²) >= 11 is 0. The second-order valence-corrected chi connectivity index (χ2v) is 6.75. The molecule has 0 spiro atoms. The zero-order valence-corrected chi connectivity index (χ0v) is 14.0. The van der Waals surface area contributed by atoms with Gasteiger partial charge in [0.15, 0.2) is 0 Å². The molecule has 1 saturated carbocycles. The maximum absolute atomic E-state index is 12.3. The molecule has 2 amide bonds. The van der Waals surface area contributed by atoms with E-state index in [0.717, 1.165) is 17.5 Å². The molecule has 24 heavy (non-hydrogen) atoms. The van der Waals surface area contributed by atoms with Crippen LogP contribution in [0.5, 0.6) is 0 Å². The smallest absolute Gasteiger partial charge is 0.272 e. The lowest BCUT2D eigenvalue weighted by atomic mass is 10.1. The third-order valence-corrected chi connectivity index (χ3v) is 4.95. The number of aryl methyl sites for hydroxylation is 1. The van der Waals surface area contributed by atoms with Crippen LogP contribution in [-0.2, 0) is 11.8 Å². The monoisotopic (exact) mass is 332 g/mol. The van der Waals surface area contributed by atoms with Gasteiger partial charge >= 0.3 is 0 Å². The summed E-state index contributed by atoms with van der Waals surface area (Å²) in [5.74, 6) is -0.216. The van der Waals surface area contributed by atoms with Gasteiger partial charge in [0.05, 0.1) is 6.04 Å². The molecule has 0 radical (unpaired) electrons. The summed E-state index contributed by atoms with van der Waals surface area (Å²) in [4.78, 5) is 37.9. The molecule has 1 aliphatic heterocycles. The van der Waals surface area contributed by atoms with Crippen LogP contribution in [0, 0.1) is 0 Å². The Morgan fingerprint density at radius 1 is 1.17 bits per heavy atom. The number of aromatic nitrogens is 2. The van der Waals surface area contributed by atoms with E-state index >= 15 is 0 Å². The van der Waals surface area contributed by atoms with E-state index in [2.05, 4.69) is 10.4 Å². The zero-order chi connectivity index (χ0) is 17.1. The minimum atomic E-state index is -0.342. The van der Waals surface area contributed by atoms with Crippen molar-refractivity contribution in [2.45, 2.75) is 57.0 Å². The molecule has 1 aliphatic carbocycles. The van der Waals surface area contributed by atoms with Crippen molar-refractivity contribution in [3.8, 4) is 0 Å². The van der Waals surface area contributed by atoms with Crippen molar-refractivity contribution in [1.29, 1.82) is 0 Å². The summed E-state index contributed by atoms with van der Waals surface area (Å²) in [5, 5.41) is 6.83. The minimum absolute atomic E-state index is 0.126. The lowest BCUT2D eigenvalue weighted by Gasteiger charge is -2.27. The van der Waals surface area contributed by atoms with E-state index in [1.54, 1.807) is 0 Å². The van der Waals surface area contributed by atoms with Gasteiger partial charge in [-0.1, -0.05) is 25.7 Å². The molecule has 130 valence electrons. The van der Waals surface area contributed by atoms with E-state index in [1.165, 1.54) is 44.9 Å². The van der Waals surface area contributed by atoms with Crippen molar-refractivity contribution in [2.24, 2.45) is 7.05 Å². The zero-order valence-electron chi connectivity index (χ0n) is 14.0. The number of nitrogens with zero attached hydrogens (tertiary/aromatic N) is 3. The van der Waals surface area contributed by atoms with Gasteiger partial charge < -0.3 is 10.2 Å². The van der Waals surface area contributed by atoms with Crippen LogP contribution < -0.4 is 10.9 Å². The van der Waals surface area contributed by atoms with Crippen molar-refractivity contribution in [1.82, 2.24) is 20.0 Å². The van der Waals surface area contributed by atoms with Gasteiger partial charge in [-0.25, -0.2) is 4.68 Å². The van der Waals surface area contributed by atoms with E-state index < -0.39 is 0 Å². The molecule has 0 aromatic carbocycles. The van der Waals surface area contributed by atoms with Crippen LogP contribution in [0.3, 0.4) is 0 Å². The van der Waals surface area contributed by atoms with Gasteiger partial charge in [0.2, 0.25) is 5.91 Å². The van der Waals surface area contributed by atoms with Crippen LogP contribution in [0.25, 0.3) is 0 Å². The number of nitrogens with one attached hydrogen (secondary N) is 1. The highest BCUT2D eigenvalue weighted by atomic mass is 16.2. The molecule has 1 N–H and O–H groups in total. The van der Waals surface area contributed by atoms with Gasteiger partial charge in [0, 0.05) is 32.1 Å². The first kappa shape index (κ1) is 16.7. The Morgan fingerprint density at radius 2 is 1.88 bits per heavy atom. The molecule has 3 rings (SSSR count). The van der Waals surface area contributed by atoms with E-state index in [-0.39, 0.29) is 29.1 Å². The lowest BCUT2D eigenvalue weighted by molar-refractivity contribution is -0.129. The van der Waals surface area contributed by atoms with Crippen molar-refractivity contribution in [3.63, 3.8) is 0 Å².